The first-order valence-corrected chi connectivity index (χ1v) is 14.2. The predicted molar refractivity (Wildman–Crippen MR) is 149 cm³/mol. The van der Waals surface area contributed by atoms with Crippen molar-refractivity contribution in [3.8, 4) is 11.5 Å². The highest BCUT2D eigenvalue weighted by atomic mass is 32.2. The van der Waals surface area contributed by atoms with E-state index < -0.39 is 17.7 Å². The number of fused-ring (bicyclic) bond motifs is 1. The number of Topliss-reactive ketones (excluding diaryl/α,β-unsaturated/α-hetero) is 1. The molecule has 11 heteroatoms. The number of thioether (sulfide) groups is 1. The lowest BCUT2D eigenvalue weighted by Gasteiger charge is -2.22. The first-order valence-electron chi connectivity index (χ1n) is 12.4. The van der Waals surface area contributed by atoms with E-state index in [2.05, 4.69) is 10.2 Å². The molecule has 3 aromatic carbocycles. The molecule has 40 heavy (non-hydrogen) atoms. The minimum Gasteiger partial charge on any atom is -0.508 e. The highest BCUT2D eigenvalue weighted by Crippen LogP contribution is 2.45. The average molecular weight is 576 g/mol. The van der Waals surface area contributed by atoms with E-state index in [1.165, 1.54) is 34.9 Å². The Morgan fingerprint density at radius 3 is 2.75 bits per heavy atom. The fourth-order valence-corrected chi connectivity index (χ4v) is 6.73. The van der Waals surface area contributed by atoms with Crippen molar-refractivity contribution in [1.82, 2.24) is 10.2 Å². The highest BCUT2D eigenvalue weighted by molar-refractivity contribution is 8.00. The van der Waals surface area contributed by atoms with Crippen molar-refractivity contribution in [1.29, 1.82) is 0 Å². The zero-order chi connectivity index (χ0) is 28.0. The Bertz CT molecular complexity index is 1690. The Morgan fingerprint density at radius 2 is 1.95 bits per heavy atom. The molecule has 3 heterocycles. The standard InChI is InChI=1S/C29H22FN3O5S2/c1-15-11-19-12-17(9-10-22(19)38-15)25(35)23-24(16-6-4-7-20(34)13-16)33(27(37)26(23)36)28-31-32-29(40-28)39-14-18-5-2-3-8-21(18)30/h2-10,12-13,15,24,34-35H,11,14H2,1H3/b25-23+. The molecule has 1 aromatic heterocycles. The van der Waals surface area contributed by atoms with Crippen molar-refractivity contribution in [3.05, 3.63) is 100 Å². The van der Waals surface area contributed by atoms with E-state index in [9.17, 15) is 24.2 Å². The first-order chi connectivity index (χ1) is 19.3. The summed E-state index contributed by atoms with van der Waals surface area (Å²) in [7, 11) is 0. The number of ether oxygens (including phenoxy) is 1. The van der Waals surface area contributed by atoms with Gasteiger partial charge in [0, 0.05) is 17.7 Å². The topological polar surface area (TPSA) is 113 Å². The first kappa shape index (κ1) is 26.0. The number of amides is 1. The quantitative estimate of drug-likeness (QED) is 0.100. The van der Waals surface area contributed by atoms with Gasteiger partial charge in [-0.1, -0.05) is 53.4 Å². The van der Waals surface area contributed by atoms with Crippen LogP contribution in [0.15, 0.2) is 76.6 Å². The number of carbonyl (C=O) groups is 2. The smallest absolute Gasteiger partial charge is 0.301 e. The van der Waals surface area contributed by atoms with Gasteiger partial charge in [-0.15, -0.1) is 10.2 Å². The van der Waals surface area contributed by atoms with Crippen LogP contribution in [0.1, 0.15) is 35.2 Å². The van der Waals surface area contributed by atoms with Gasteiger partial charge in [-0.25, -0.2) is 4.39 Å². The van der Waals surface area contributed by atoms with Crippen molar-refractivity contribution in [2.75, 3.05) is 4.90 Å². The molecule has 4 aromatic rings. The number of aromatic hydroxyl groups is 1. The Kier molecular flexibility index (Phi) is 6.77. The second kappa shape index (κ2) is 10.4. The molecule has 0 radical (unpaired) electrons. The summed E-state index contributed by atoms with van der Waals surface area (Å²) < 4.78 is 20.3. The molecule has 1 saturated heterocycles. The molecule has 1 amide bonds. The number of phenols is 1. The molecule has 0 spiro atoms. The van der Waals surface area contributed by atoms with Crippen molar-refractivity contribution in [2.24, 2.45) is 0 Å². The van der Waals surface area contributed by atoms with E-state index in [4.69, 9.17) is 4.74 Å². The van der Waals surface area contributed by atoms with Crippen LogP contribution in [-0.4, -0.2) is 38.2 Å². The van der Waals surface area contributed by atoms with Gasteiger partial charge in [0.15, 0.2) is 4.34 Å². The van der Waals surface area contributed by atoms with Gasteiger partial charge >= 0.3 is 5.91 Å². The maximum atomic E-state index is 14.1. The normalized spacial score (nSPS) is 19.6. The van der Waals surface area contributed by atoms with Crippen LogP contribution in [-0.2, 0) is 21.8 Å². The van der Waals surface area contributed by atoms with Crippen LogP contribution in [0.3, 0.4) is 0 Å². The van der Waals surface area contributed by atoms with Crippen LogP contribution in [0.25, 0.3) is 5.76 Å². The summed E-state index contributed by atoms with van der Waals surface area (Å²) >= 11 is 2.33. The molecule has 1 fully saturated rings. The molecule has 2 aliphatic heterocycles. The summed E-state index contributed by atoms with van der Waals surface area (Å²) in [5.41, 5.74) is 2.05. The van der Waals surface area contributed by atoms with Gasteiger partial charge in [0.1, 0.15) is 29.2 Å². The van der Waals surface area contributed by atoms with Gasteiger partial charge in [-0.05, 0) is 60.0 Å². The van der Waals surface area contributed by atoms with Gasteiger partial charge < -0.3 is 14.9 Å². The van der Waals surface area contributed by atoms with E-state index in [-0.39, 0.29) is 34.1 Å². The Labute approximate surface area is 236 Å². The minimum absolute atomic E-state index is 0.00637. The van der Waals surface area contributed by atoms with Crippen LogP contribution in [0, 0.1) is 5.82 Å². The molecule has 2 atom stereocenters. The van der Waals surface area contributed by atoms with Crippen LogP contribution < -0.4 is 9.64 Å². The number of aromatic nitrogens is 2. The fraction of sp³-hybridized carbons (Fsp3) is 0.172. The number of aliphatic hydroxyl groups is 1. The number of hydrogen-bond acceptors (Lipinski definition) is 9. The minimum atomic E-state index is -1.06. The van der Waals surface area contributed by atoms with Gasteiger partial charge in [0.05, 0.1) is 11.6 Å². The molecule has 0 bridgehead atoms. The SMILES string of the molecule is CC1Cc2cc(/C(O)=C3\C(=O)C(=O)N(c4nnc(SCc5ccccc5F)s4)C3c3cccc(O)c3)ccc2O1. The zero-order valence-corrected chi connectivity index (χ0v) is 22.7. The molecular formula is C29H22FN3O5S2. The highest BCUT2D eigenvalue weighted by Gasteiger charge is 2.48. The number of nitrogens with zero attached hydrogens (tertiary/aromatic N) is 3. The lowest BCUT2D eigenvalue weighted by molar-refractivity contribution is -0.132. The van der Waals surface area contributed by atoms with Crippen LogP contribution >= 0.6 is 23.1 Å². The third kappa shape index (κ3) is 4.71. The van der Waals surface area contributed by atoms with Crippen molar-refractivity contribution < 1.29 is 28.9 Å². The lowest BCUT2D eigenvalue weighted by Crippen LogP contribution is -2.29. The Balaban J connectivity index is 1.39. The van der Waals surface area contributed by atoms with Crippen molar-refractivity contribution in [2.45, 2.75) is 35.6 Å². The maximum absolute atomic E-state index is 14.1. The van der Waals surface area contributed by atoms with Gasteiger partial charge in [-0.3, -0.25) is 14.5 Å². The number of rotatable bonds is 6. The second-order valence-corrected chi connectivity index (χ2v) is 11.6. The van der Waals surface area contributed by atoms with Crippen LogP contribution in [0.5, 0.6) is 11.5 Å². The van der Waals surface area contributed by atoms with Crippen LogP contribution in [0.2, 0.25) is 0 Å². The number of carbonyl (C=O) groups excluding carboxylic acids is 2. The molecular weight excluding hydrogens is 553 g/mol. The number of halogens is 1. The summed E-state index contributed by atoms with van der Waals surface area (Å²) in [5, 5.41) is 30.1. The fourth-order valence-electron chi connectivity index (χ4n) is 4.88. The molecule has 6 rings (SSSR count). The summed E-state index contributed by atoms with van der Waals surface area (Å²) in [6.07, 6.45) is 0.645. The number of benzene rings is 3. The number of aliphatic hydroxyl groups excluding tert-OH is 1. The number of anilines is 1. The summed E-state index contributed by atoms with van der Waals surface area (Å²) in [5.74, 6) is -1.48. The van der Waals surface area contributed by atoms with E-state index in [1.54, 1.807) is 48.5 Å². The lowest BCUT2D eigenvalue weighted by atomic mass is 9.94. The summed E-state index contributed by atoms with van der Waals surface area (Å²) in [4.78, 5) is 28.0. The molecule has 8 nitrogen and oxygen atoms in total. The van der Waals surface area contributed by atoms with Gasteiger partial charge in [-0.2, -0.15) is 0 Å². The molecule has 0 aliphatic carbocycles. The number of phenolic OH excluding ortho intramolecular Hbond substituents is 1. The molecule has 2 aliphatic rings. The van der Waals surface area contributed by atoms with E-state index in [1.807, 2.05) is 6.92 Å². The molecule has 2 unspecified atom stereocenters. The monoisotopic (exact) mass is 575 g/mol. The van der Waals surface area contributed by atoms with Gasteiger partial charge in [0.25, 0.3) is 5.78 Å². The summed E-state index contributed by atoms with van der Waals surface area (Å²) in [6.45, 7) is 1.94. The zero-order valence-electron chi connectivity index (χ0n) is 21.1. The largest absolute Gasteiger partial charge is 0.508 e. The molecule has 0 saturated carbocycles. The third-order valence-electron chi connectivity index (χ3n) is 6.71. The second-order valence-electron chi connectivity index (χ2n) is 9.45. The molecule has 202 valence electrons. The van der Waals surface area contributed by atoms with Crippen molar-refractivity contribution >= 4 is 45.7 Å². The average Bonchev–Trinajstić information content (AvgIpc) is 3.63. The van der Waals surface area contributed by atoms with E-state index in [0.29, 0.717) is 39.0 Å². The van der Waals surface area contributed by atoms with Gasteiger partial charge in [0.2, 0.25) is 5.13 Å². The van der Waals surface area contributed by atoms with Crippen molar-refractivity contribution in [3.63, 3.8) is 0 Å². The Hall–Kier alpha value is -4.22. The molecule has 2 N–H and O–H groups in total. The number of ketones is 1. The van der Waals surface area contributed by atoms with E-state index >= 15 is 0 Å². The maximum Gasteiger partial charge on any atom is 0.301 e. The number of hydrogen-bond donors (Lipinski definition) is 2. The predicted octanol–water partition coefficient (Wildman–Crippen LogP) is 5.62. The van der Waals surface area contributed by atoms with Crippen LogP contribution in [0.4, 0.5) is 9.52 Å². The Morgan fingerprint density at radius 1 is 1.12 bits per heavy atom. The summed E-state index contributed by atoms with van der Waals surface area (Å²) in [6, 6.07) is 16.6. The van der Waals surface area contributed by atoms with E-state index in [0.717, 1.165) is 16.9 Å². The third-order valence-corrected chi connectivity index (χ3v) is 8.82.